The molecule has 0 aliphatic heterocycles. The molecule has 0 saturated carbocycles. The van der Waals surface area contributed by atoms with Crippen LogP contribution in [0.1, 0.15) is 75.0 Å². The van der Waals surface area contributed by atoms with E-state index in [1.165, 1.54) is 10.4 Å². The number of hydrogen-bond acceptors (Lipinski definition) is 5. The summed E-state index contributed by atoms with van der Waals surface area (Å²) in [6.07, 6.45) is 7.68. The van der Waals surface area contributed by atoms with Gasteiger partial charge in [0, 0.05) is 35.1 Å². The topological polar surface area (TPSA) is 51.6 Å². The molecule has 0 saturated heterocycles. The van der Waals surface area contributed by atoms with Crippen LogP contribution in [0.25, 0.3) is 0 Å². The van der Waals surface area contributed by atoms with E-state index in [0.717, 1.165) is 17.1 Å². The van der Waals surface area contributed by atoms with Crippen molar-refractivity contribution in [3.8, 4) is 0 Å². The minimum absolute atomic E-state index is 0.102. The highest BCUT2D eigenvalue weighted by molar-refractivity contribution is 7.09. The van der Waals surface area contributed by atoms with Gasteiger partial charge in [-0.25, -0.2) is 0 Å². The number of thiazole rings is 1. The maximum atomic E-state index is 4.78. The third kappa shape index (κ3) is 3.40. The molecule has 3 rings (SSSR count). The van der Waals surface area contributed by atoms with Crippen LogP contribution in [-0.4, -0.2) is 19.9 Å². The van der Waals surface area contributed by atoms with E-state index in [9.17, 15) is 0 Å². The third-order valence-corrected chi connectivity index (χ3v) is 6.17. The lowest BCUT2D eigenvalue weighted by atomic mass is 9.82. The van der Waals surface area contributed by atoms with Crippen LogP contribution in [0.5, 0.6) is 0 Å². The molecule has 26 heavy (non-hydrogen) atoms. The first-order valence-electron chi connectivity index (χ1n) is 8.91. The maximum absolute atomic E-state index is 4.78. The first-order valence-corrected chi connectivity index (χ1v) is 9.79. The quantitative estimate of drug-likeness (QED) is 0.630. The number of rotatable bonds is 5. The number of hydrogen-bond donors (Lipinski definition) is 0. The zero-order valence-corrected chi connectivity index (χ0v) is 17.1. The Labute approximate surface area is 159 Å². The Balaban J connectivity index is 1.89. The SMILES string of the molecule is CC(C)c1cnc(C(C)(C)c2ccc(C(C)(C)c3cncs3)cn2)cn1. The van der Waals surface area contributed by atoms with Crippen molar-refractivity contribution in [3.05, 3.63) is 70.0 Å². The molecule has 3 aromatic heterocycles. The van der Waals surface area contributed by atoms with Crippen LogP contribution < -0.4 is 0 Å². The van der Waals surface area contributed by atoms with Crippen molar-refractivity contribution in [2.75, 3.05) is 0 Å². The Morgan fingerprint density at radius 2 is 1.54 bits per heavy atom. The standard InChI is InChI=1S/C21H26N4S/c1-14(2)16-10-25-18(11-23-16)21(5,6)17-8-7-15(9-24-17)20(3,4)19-12-22-13-26-19/h7-14H,1-6H3. The minimum Gasteiger partial charge on any atom is -0.260 e. The molecule has 136 valence electrons. The molecule has 4 nitrogen and oxygen atoms in total. The predicted molar refractivity (Wildman–Crippen MR) is 107 cm³/mol. The molecular weight excluding hydrogens is 340 g/mol. The molecule has 3 heterocycles. The molecule has 0 N–H and O–H groups in total. The largest absolute Gasteiger partial charge is 0.260 e. The molecule has 0 radical (unpaired) electrons. The number of aromatic nitrogens is 4. The monoisotopic (exact) mass is 366 g/mol. The lowest BCUT2D eigenvalue weighted by molar-refractivity contribution is 0.582. The normalized spacial score (nSPS) is 12.6. The smallest absolute Gasteiger partial charge is 0.0794 e. The fraction of sp³-hybridized carbons (Fsp3) is 0.429. The Bertz CT molecular complexity index is 848. The van der Waals surface area contributed by atoms with Gasteiger partial charge in [-0.2, -0.15) is 0 Å². The minimum atomic E-state index is -0.296. The molecule has 0 bridgehead atoms. The molecule has 3 aromatic rings. The second kappa shape index (κ2) is 6.88. The van der Waals surface area contributed by atoms with E-state index in [-0.39, 0.29) is 10.8 Å². The van der Waals surface area contributed by atoms with Crippen molar-refractivity contribution >= 4 is 11.3 Å². The number of pyridine rings is 1. The summed E-state index contributed by atoms with van der Waals surface area (Å²) in [6, 6.07) is 4.27. The molecule has 0 fully saturated rings. The maximum Gasteiger partial charge on any atom is 0.0794 e. The molecule has 0 aliphatic rings. The second-order valence-corrected chi connectivity index (χ2v) is 8.92. The van der Waals surface area contributed by atoms with Crippen LogP contribution in [0, 0.1) is 0 Å². The van der Waals surface area contributed by atoms with E-state index >= 15 is 0 Å². The molecule has 0 aliphatic carbocycles. The van der Waals surface area contributed by atoms with Crippen molar-refractivity contribution in [3.63, 3.8) is 0 Å². The van der Waals surface area contributed by atoms with Crippen molar-refractivity contribution in [1.29, 1.82) is 0 Å². The Morgan fingerprint density at radius 3 is 2.04 bits per heavy atom. The van der Waals surface area contributed by atoms with Crippen LogP contribution in [0.4, 0.5) is 0 Å². The highest BCUT2D eigenvalue weighted by Crippen LogP contribution is 2.35. The van der Waals surface area contributed by atoms with Crippen LogP contribution >= 0.6 is 11.3 Å². The lowest BCUT2D eigenvalue weighted by Gasteiger charge is -2.26. The highest BCUT2D eigenvalue weighted by Gasteiger charge is 2.29. The van der Waals surface area contributed by atoms with Gasteiger partial charge >= 0.3 is 0 Å². The lowest BCUT2D eigenvalue weighted by Crippen LogP contribution is -2.24. The summed E-state index contributed by atoms with van der Waals surface area (Å²) in [4.78, 5) is 19.4. The first kappa shape index (κ1) is 18.6. The van der Waals surface area contributed by atoms with E-state index in [2.05, 4.69) is 68.6 Å². The van der Waals surface area contributed by atoms with Gasteiger partial charge in [-0.05, 0) is 31.4 Å². The third-order valence-electron chi connectivity index (χ3n) is 5.08. The van der Waals surface area contributed by atoms with Gasteiger partial charge in [-0.15, -0.1) is 11.3 Å². The zero-order valence-electron chi connectivity index (χ0n) is 16.3. The molecular formula is C21H26N4S. The Hall–Kier alpha value is -2.14. The van der Waals surface area contributed by atoms with E-state index < -0.39 is 0 Å². The van der Waals surface area contributed by atoms with Crippen molar-refractivity contribution in [2.45, 2.75) is 58.3 Å². The summed E-state index contributed by atoms with van der Waals surface area (Å²) in [5.41, 5.74) is 5.60. The van der Waals surface area contributed by atoms with Crippen LogP contribution in [0.3, 0.4) is 0 Å². The van der Waals surface area contributed by atoms with E-state index in [1.54, 1.807) is 11.3 Å². The average Bonchev–Trinajstić information content (AvgIpc) is 3.17. The van der Waals surface area contributed by atoms with E-state index in [0.29, 0.717) is 5.92 Å². The molecule has 0 unspecified atom stereocenters. The van der Waals surface area contributed by atoms with Gasteiger partial charge in [-0.3, -0.25) is 19.9 Å². The van der Waals surface area contributed by atoms with Gasteiger partial charge in [0.2, 0.25) is 0 Å². The average molecular weight is 367 g/mol. The van der Waals surface area contributed by atoms with Gasteiger partial charge in [0.15, 0.2) is 0 Å². The highest BCUT2D eigenvalue weighted by atomic mass is 32.1. The number of nitrogens with zero attached hydrogens (tertiary/aromatic N) is 4. The molecule has 5 heteroatoms. The summed E-state index contributed by atoms with van der Waals surface area (Å²) in [7, 11) is 0. The van der Waals surface area contributed by atoms with Crippen LogP contribution in [0.2, 0.25) is 0 Å². The van der Waals surface area contributed by atoms with E-state index in [4.69, 9.17) is 4.98 Å². The van der Waals surface area contributed by atoms with Crippen molar-refractivity contribution in [1.82, 2.24) is 19.9 Å². The van der Waals surface area contributed by atoms with Gasteiger partial charge in [0.05, 0.1) is 28.0 Å². The van der Waals surface area contributed by atoms with Crippen LogP contribution in [0.15, 0.2) is 42.4 Å². The first-order chi connectivity index (χ1) is 12.2. The fourth-order valence-corrected chi connectivity index (χ4v) is 3.66. The van der Waals surface area contributed by atoms with Crippen LogP contribution in [-0.2, 0) is 10.8 Å². The van der Waals surface area contributed by atoms with Gasteiger partial charge in [0.1, 0.15) is 0 Å². The summed E-state index contributed by atoms with van der Waals surface area (Å²) < 4.78 is 0. The fourth-order valence-electron chi connectivity index (χ4n) is 2.89. The zero-order chi connectivity index (χ0) is 18.9. The van der Waals surface area contributed by atoms with Gasteiger partial charge < -0.3 is 0 Å². The molecule has 0 atom stereocenters. The summed E-state index contributed by atoms with van der Waals surface area (Å²) in [5.74, 6) is 0.381. The predicted octanol–water partition coefficient (Wildman–Crippen LogP) is 5.10. The Morgan fingerprint density at radius 1 is 0.808 bits per heavy atom. The Kier molecular flexibility index (Phi) is 4.93. The van der Waals surface area contributed by atoms with Gasteiger partial charge in [0.25, 0.3) is 0 Å². The van der Waals surface area contributed by atoms with E-state index in [1.807, 2.05) is 30.3 Å². The summed E-state index contributed by atoms with van der Waals surface area (Å²) in [6.45, 7) is 12.9. The van der Waals surface area contributed by atoms with Gasteiger partial charge in [-0.1, -0.05) is 33.8 Å². The molecule has 0 spiro atoms. The summed E-state index contributed by atoms with van der Waals surface area (Å²) in [5, 5.41) is 0. The van der Waals surface area contributed by atoms with Crippen molar-refractivity contribution < 1.29 is 0 Å². The summed E-state index contributed by atoms with van der Waals surface area (Å²) >= 11 is 1.68. The molecule has 0 amide bonds. The molecule has 0 aromatic carbocycles. The van der Waals surface area contributed by atoms with Crippen molar-refractivity contribution in [2.24, 2.45) is 0 Å². The second-order valence-electron chi connectivity index (χ2n) is 8.03.